The number of aliphatic hydroxyl groups is 1. The Balaban J connectivity index is 2.07. The number of ether oxygens (including phenoxy) is 2. The van der Waals surface area contributed by atoms with Gasteiger partial charge in [0.15, 0.2) is 0 Å². The third-order valence-electron chi connectivity index (χ3n) is 4.72. The standard InChI is InChI=1S/C20H20O5/c1-24-17(21)12-20(23,15-10-6-3-7-11-15)18-16(13-25-19(18)22)14-8-4-2-5-9-14/h2-11,16,18,23H,12-13H2,1H3/t16-,18-,20-/m0/s1. The molecule has 5 nitrogen and oxygen atoms in total. The van der Waals surface area contributed by atoms with E-state index < -0.39 is 23.5 Å². The van der Waals surface area contributed by atoms with E-state index in [4.69, 9.17) is 9.47 Å². The van der Waals surface area contributed by atoms with Gasteiger partial charge < -0.3 is 14.6 Å². The van der Waals surface area contributed by atoms with E-state index in [0.29, 0.717) is 5.56 Å². The van der Waals surface area contributed by atoms with Crippen LogP contribution in [0, 0.1) is 5.92 Å². The number of carbonyl (C=O) groups excluding carboxylic acids is 2. The zero-order chi connectivity index (χ0) is 17.9. The van der Waals surface area contributed by atoms with Crippen LogP contribution in [-0.2, 0) is 24.7 Å². The van der Waals surface area contributed by atoms with Crippen molar-refractivity contribution in [3.05, 3.63) is 71.8 Å². The van der Waals surface area contributed by atoms with Gasteiger partial charge in [-0.3, -0.25) is 9.59 Å². The van der Waals surface area contributed by atoms with Crippen LogP contribution < -0.4 is 0 Å². The van der Waals surface area contributed by atoms with E-state index in [1.54, 1.807) is 24.3 Å². The molecular weight excluding hydrogens is 320 g/mol. The molecule has 0 radical (unpaired) electrons. The average molecular weight is 340 g/mol. The van der Waals surface area contributed by atoms with Gasteiger partial charge >= 0.3 is 11.9 Å². The van der Waals surface area contributed by atoms with Crippen molar-refractivity contribution in [2.45, 2.75) is 17.9 Å². The molecule has 3 atom stereocenters. The van der Waals surface area contributed by atoms with Gasteiger partial charge in [-0.05, 0) is 11.1 Å². The Kier molecular flexibility index (Phi) is 4.86. The van der Waals surface area contributed by atoms with Gasteiger partial charge in [-0.2, -0.15) is 0 Å². The van der Waals surface area contributed by atoms with Gasteiger partial charge in [0.05, 0.1) is 20.1 Å². The highest BCUT2D eigenvalue weighted by Gasteiger charge is 2.53. The third kappa shape index (κ3) is 3.28. The predicted molar refractivity (Wildman–Crippen MR) is 90.6 cm³/mol. The van der Waals surface area contributed by atoms with E-state index in [9.17, 15) is 14.7 Å². The van der Waals surface area contributed by atoms with Gasteiger partial charge in [0, 0.05) is 5.92 Å². The summed E-state index contributed by atoms with van der Waals surface area (Å²) < 4.78 is 10.0. The molecule has 0 aliphatic carbocycles. The molecule has 25 heavy (non-hydrogen) atoms. The summed E-state index contributed by atoms with van der Waals surface area (Å²) in [6, 6.07) is 18.1. The summed E-state index contributed by atoms with van der Waals surface area (Å²) in [6.45, 7) is 0.170. The van der Waals surface area contributed by atoms with Crippen LogP contribution in [0.3, 0.4) is 0 Å². The summed E-state index contributed by atoms with van der Waals surface area (Å²) in [5.74, 6) is -2.33. The lowest BCUT2D eigenvalue weighted by molar-refractivity contribution is -0.157. The van der Waals surface area contributed by atoms with E-state index >= 15 is 0 Å². The quantitative estimate of drug-likeness (QED) is 0.846. The van der Waals surface area contributed by atoms with Gasteiger partial charge in [0.1, 0.15) is 11.5 Å². The number of carbonyl (C=O) groups is 2. The lowest BCUT2D eigenvalue weighted by atomic mass is 9.71. The minimum absolute atomic E-state index is 0.170. The molecule has 0 saturated carbocycles. The van der Waals surface area contributed by atoms with Crippen LogP contribution in [0.5, 0.6) is 0 Å². The van der Waals surface area contributed by atoms with Gasteiger partial charge in [-0.15, -0.1) is 0 Å². The SMILES string of the molecule is COC(=O)C[C@](O)(c1ccccc1)[C@@H]1C(=O)OC[C@H]1c1ccccc1. The van der Waals surface area contributed by atoms with Crippen molar-refractivity contribution < 1.29 is 24.2 Å². The highest BCUT2D eigenvalue weighted by atomic mass is 16.5. The van der Waals surface area contributed by atoms with Crippen molar-refractivity contribution in [2.75, 3.05) is 13.7 Å². The maximum Gasteiger partial charge on any atom is 0.313 e. The van der Waals surface area contributed by atoms with Crippen LogP contribution in [0.4, 0.5) is 0 Å². The fourth-order valence-electron chi connectivity index (χ4n) is 3.45. The number of esters is 2. The zero-order valence-electron chi connectivity index (χ0n) is 13.9. The summed E-state index contributed by atoms with van der Waals surface area (Å²) in [4.78, 5) is 24.5. The van der Waals surface area contributed by atoms with Crippen LogP contribution >= 0.6 is 0 Å². The normalized spacial score (nSPS) is 22.1. The molecule has 130 valence electrons. The van der Waals surface area contributed by atoms with Crippen LogP contribution in [-0.4, -0.2) is 30.8 Å². The molecule has 0 bridgehead atoms. The second-order valence-corrected chi connectivity index (χ2v) is 6.17. The van der Waals surface area contributed by atoms with Crippen molar-refractivity contribution in [2.24, 2.45) is 5.92 Å². The molecule has 1 saturated heterocycles. The first kappa shape index (κ1) is 17.2. The third-order valence-corrected chi connectivity index (χ3v) is 4.72. The molecule has 0 aromatic heterocycles. The highest BCUT2D eigenvalue weighted by molar-refractivity contribution is 5.80. The van der Waals surface area contributed by atoms with E-state index in [-0.39, 0.29) is 18.9 Å². The highest BCUT2D eigenvalue weighted by Crippen LogP contribution is 2.45. The van der Waals surface area contributed by atoms with Crippen molar-refractivity contribution in [1.29, 1.82) is 0 Å². The summed E-state index contributed by atoms with van der Waals surface area (Å²) in [7, 11) is 1.26. The van der Waals surface area contributed by atoms with Crippen molar-refractivity contribution in [3.63, 3.8) is 0 Å². The fourth-order valence-corrected chi connectivity index (χ4v) is 3.45. The largest absolute Gasteiger partial charge is 0.469 e. The van der Waals surface area contributed by atoms with E-state index in [2.05, 4.69) is 0 Å². The van der Waals surface area contributed by atoms with Gasteiger partial charge in [0.25, 0.3) is 0 Å². The Morgan fingerprint density at radius 3 is 2.36 bits per heavy atom. The molecular formula is C20H20O5. The maximum absolute atomic E-state index is 12.5. The zero-order valence-corrected chi connectivity index (χ0v) is 13.9. The molecule has 0 unspecified atom stereocenters. The first-order valence-corrected chi connectivity index (χ1v) is 8.12. The lowest BCUT2D eigenvalue weighted by Crippen LogP contribution is -2.42. The molecule has 1 heterocycles. The van der Waals surface area contributed by atoms with Crippen LogP contribution in [0.1, 0.15) is 23.5 Å². The molecule has 1 fully saturated rings. The number of rotatable bonds is 5. The molecule has 3 rings (SSSR count). The predicted octanol–water partition coefficient (Wildman–Crippen LogP) is 2.39. The average Bonchev–Trinajstić information content (AvgIpc) is 3.05. The lowest BCUT2D eigenvalue weighted by Gasteiger charge is -2.34. The summed E-state index contributed by atoms with van der Waals surface area (Å²) in [5, 5.41) is 11.5. The summed E-state index contributed by atoms with van der Waals surface area (Å²) in [5.41, 5.74) is -0.328. The van der Waals surface area contributed by atoms with Crippen molar-refractivity contribution in [3.8, 4) is 0 Å². The second kappa shape index (κ2) is 7.07. The Hall–Kier alpha value is -2.66. The second-order valence-electron chi connectivity index (χ2n) is 6.17. The minimum atomic E-state index is -1.71. The Morgan fingerprint density at radius 1 is 1.16 bits per heavy atom. The number of cyclic esters (lactones) is 1. The Morgan fingerprint density at radius 2 is 1.76 bits per heavy atom. The summed E-state index contributed by atoms with van der Waals surface area (Å²) >= 11 is 0. The smallest absolute Gasteiger partial charge is 0.313 e. The first-order valence-electron chi connectivity index (χ1n) is 8.12. The summed E-state index contributed by atoms with van der Waals surface area (Å²) in [6.07, 6.45) is -0.323. The molecule has 2 aromatic carbocycles. The van der Waals surface area contributed by atoms with E-state index in [1.165, 1.54) is 7.11 Å². The van der Waals surface area contributed by atoms with Crippen molar-refractivity contribution in [1.82, 2.24) is 0 Å². The van der Waals surface area contributed by atoms with Gasteiger partial charge in [-0.1, -0.05) is 60.7 Å². The molecule has 2 aromatic rings. The monoisotopic (exact) mass is 340 g/mol. The van der Waals surface area contributed by atoms with E-state index in [1.807, 2.05) is 36.4 Å². The number of benzene rings is 2. The minimum Gasteiger partial charge on any atom is -0.469 e. The molecule has 0 spiro atoms. The van der Waals surface area contributed by atoms with Gasteiger partial charge in [0.2, 0.25) is 0 Å². The first-order chi connectivity index (χ1) is 12.1. The molecule has 0 amide bonds. The molecule has 1 aliphatic rings. The number of hydrogen-bond acceptors (Lipinski definition) is 5. The Bertz CT molecular complexity index is 743. The maximum atomic E-state index is 12.5. The van der Waals surface area contributed by atoms with Crippen LogP contribution in [0.25, 0.3) is 0 Å². The van der Waals surface area contributed by atoms with Crippen molar-refractivity contribution >= 4 is 11.9 Å². The molecule has 1 aliphatic heterocycles. The van der Waals surface area contributed by atoms with Gasteiger partial charge in [-0.25, -0.2) is 0 Å². The molecule has 1 N–H and O–H groups in total. The number of methoxy groups -OCH3 is 1. The van der Waals surface area contributed by atoms with Crippen LogP contribution in [0.15, 0.2) is 60.7 Å². The number of hydrogen-bond donors (Lipinski definition) is 1. The topological polar surface area (TPSA) is 72.8 Å². The van der Waals surface area contributed by atoms with Crippen LogP contribution in [0.2, 0.25) is 0 Å². The molecule has 5 heteroatoms. The fraction of sp³-hybridized carbons (Fsp3) is 0.300. The van der Waals surface area contributed by atoms with E-state index in [0.717, 1.165) is 5.56 Å². The Labute approximate surface area is 146 Å².